The Morgan fingerprint density at radius 1 is 0.938 bits per heavy atom. The number of aliphatic hydroxyl groups excluding tert-OH is 1. The van der Waals surface area contributed by atoms with Crippen molar-refractivity contribution in [1.82, 2.24) is 0 Å². The summed E-state index contributed by atoms with van der Waals surface area (Å²) >= 11 is 0. The molecule has 0 aromatic carbocycles. The number of rotatable bonds is 7. The van der Waals surface area contributed by atoms with Crippen molar-refractivity contribution < 1.29 is 5.11 Å². The van der Waals surface area contributed by atoms with Crippen LogP contribution in [0.1, 0.15) is 119 Å². The highest BCUT2D eigenvalue weighted by Gasteiger charge is 2.55. The highest BCUT2D eigenvalue weighted by molar-refractivity contribution is 5.49. The van der Waals surface area contributed by atoms with Gasteiger partial charge in [-0.3, -0.25) is 0 Å². The third-order valence-corrected chi connectivity index (χ3v) is 10.6. The van der Waals surface area contributed by atoms with Gasteiger partial charge in [0.2, 0.25) is 0 Å². The molecule has 0 heterocycles. The van der Waals surface area contributed by atoms with Crippen LogP contribution in [-0.4, -0.2) is 11.2 Å². The van der Waals surface area contributed by atoms with Crippen molar-refractivity contribution in [3.05, 3.63) is 22.8 Å². The summed E-state index contributed by atoms with van der Waals surface area (Å²) in [6, 6.07) is 0. The molecule has 1 heteroatoms. The van der Waals surface area contributed by atoms with Gasteiger partial charge in [-0.1, -0.05) is 79.4 Å². The molecule has 0 bridgehead atoms. The van der Waals surface area contributed by atoms with Crippen molar-refractivity contribution in [2.24, 2.45) is 46.3 Å². The quantitative estimate of drug-likeness (QED) is 0.419. The van der Waals surface area contributed by atoms with E-state index in [1.807, 2.05) is 5.57 Å². The Bertz CT molecular complexity index is 742. The van der Waals surface area contributed by atoms with Crippen LogP contribution in [0.5, 0.6) is 0 Å². The maximum Gasteiger partial charge on any atom is 0.0571 e. The molecule has 4 rings (SSSR count). The second-order valence-corrected chi connectivity index (χ2v) is 13.6. The van der Waals surface area contributed by atoms with E-state index in [0.717, 1.165) is 24.2 Å². The summed E-state index contributed by atoms with van der Waals surface area (Å²) in [5.74, 6) is 4.37. The van der Waals surface area contributed by atoms with Gasteiger partial charge in [-0.05, 0) is 109 Å². The molecular formula is C31H52O. The molecule has 4 aliphatic carbocycles. The van der Waals surface area contributed by atoms with Gasteiger partial charge in [0, 0.05) is 0 Å². The van der Waals surface area contributed by atoms with Crippen molar-refractivity contribution in [2.75, 3.05) is 0 Å². The normalized spacial score (nSPS) is 40.2. The summed E-state index contributed by atoms with van der Waals surface area (Å²) < 4.78 is 0. The van der Waals surface area contributed by atoms with Gasteiger partial charge < -0.3 is 5.11 Å². The lowest BCUT2D eigenvalue weighted by Gasteiger charge is -2.56. The van der Waals surface area contributed by atoms with Crippen LogP contribution < -0.4 is 0 Å². The zero-order valence-corrected chi connectivity index (χ0v) is 22.3. The van der Waals surface area contributed by atoms with E-state index in [9.17, 15) is 5.11 Å². The molecule has 2 unspecified atom stereocenters. The van der Waals surface area contributed by atoms with Crippen LogP contribution >= 0.6 is 0 Å². The molecular weight excluding hydrogens is 388 g/mol. The monoisotopic (exact) mass is 440 g/mol. The van der Waals surface area contributed by atoms with Crippen molar-refractivity contribution in [2.45, 2.75) is 125 Å². The number of hydrogen-bond donors (Lipinski definition) is 1. The van der Waals surface area contributed by atoms with E-state index in [1.165, 1.54) is 64.2 Å². The van der Waals surface area contributed by atoms with Crippen LogP contribution in [0.2, 0.25) is 0 Å². The minimum atomic E-state index is -0.0757. The molecule has 1 nitrogen and oxygen atoms in total. The van der Waals surface area contributed by atoms with Crippen LogP contribution in [0.4, 0.5) is 0 Å². The molecule has 1 saturated carbocycles. The van der Waals surface area contributed by atoms with Crippen LogP contribution in [0.25, 0.3) is 0 Å². The first-order chi connectivity index (χ1) is 15.1. The summed E-state index contributed by atoms with van der Waals surface area (Å²) in [7, 11) is 0. The third-order valence-electron chi connectivity index (χ3n) is 10.6. The minimum Gasteiger partial charge on any atom is -0.393 e. The van der Waals surface area contributed by atoms with Crippen molar-refractivity contribution in [3.63, 3.8) is 0 Å². The topological polar surface area (TPSA) is 20.2 Å². The molecule has 0 saturated heterocycles. The van der Waals surface area contributed by atoms with Crippen LogP contribution in [0, 0.1) is 46.3 Å². The standard InChI is InChI=1S/C31H52O/c1-20(2)9-8-10-22(5)25-13-14-26-23-11-12-27-24(19-21(3)4)29(32)16-18-31(27,7)28(23)15-17-30(25,26)6/h14,20-22,24-25,27,29,32H,8-13,15-19H2,1-7H3/t22-,24?,25-,27?,29-,30-,31+/m1/s1. The molecule has 0 aromatic heterocycles. The van der Waals surface area contributed by atoms with Gasteiger partial charge in [0.15, 0.2) is 0 Å². The van der Waals surface area contributed by atoms with E-state index in [2.05, 4.69) is 54.5 Å². The van der Waals surface area contributed by atoms with Crippen molar-refractivity contribution >= 4 is 0 Å². The van der Waals surface area contributed by atoms with Crippen molar-refractivity contribution in [3.8, 4) is 0 Å². The van der Waals surface area contributed by atoms with Gasteiger partial charge in [0.1, 0.15) is 0 Å². The largest absolute Gasteiger partial charge is 0.393 e. The highest BCUT2D eigenvalue weighted by Crippen LogP contribution is 2.65. The molecule has 32 heavy (non-hydrogen) atoms. The molecule has 1 N–H and O–H groups in total. The predicted octanol–water partition coefficient (Wildman–Crippen LogP) is 8.73. The Kier molecular flexibility index (Phi) is 7.09. The summed E-state index contributed by atoms with van der Waals surface area (Å²) in [4.78, 5) is 0. The first-order valence-electron chi connectivity index (χ1n) is 14.2. The first kappa shape index (κ1) is 24.6. The molecule has 1 fully saturated rings. The van der Waals surface area contributed by atoms with Crippen LogP contribution in [0.15, 0.2) is 22.8 Å². The van der Waals surface area contributed by atoms with Gasteiger partial charge in [-0.15, -0.1) is 0 Å². The van der Waals surface area contributed by atoms with E-state index in [-0.39, 0.29) is 6.10 Å². The van der Waals surface area contributed by atoms with Gasteiger partial charge in [0.25, 0.3) is 0 Å². The fourth-order valence-electron chi connectivity index (χ4n) is 8.91. The maximum absolute atomic E-state index is 10.9. The Balaban J connectivity index is 1.56. The molecule has 4 aliphatic rings. The maximum atomic E-state index is 10.9. The first-order valence-corrected chi connectivity index (χ1v) is 14.2. The second kappa shape index (κ2) is 9.24. The van der Waals surface area contributed by atoms with E-state index < -0.39 is 0 Å². The van der Waals surface area contributed by atoms with Gasteiger partial charge in [-0.25, -0.2) is 0 Å². The third kappa shape index (κ3) is 4.18. The van der Waals surface area contributed by atoms with E-state index in [1.54, 1.807) is 11.1 Å². The summed E-state index contributed by atoms with van der Waals surface area (Å²) in [6.45, 7) is 17.2. The number of fused-ring (bicyclic) bond motifs is 4. The fourth-order valence-corrected chi connectivity index (χ4v) is 8.91. The lowest BCUT2D eigenvalue weighted by atomic mass is 9.49. The Morgan fingerprint density at radius 2 is 1.69 bits per heavy atom. The molecule has 0 aliphatic heterocycles. The zero-order valence-electron chi connectivity index (χ0n) is 22.3. The lowest BCUT2D eigenvalue weighted by Crippen LogP contribution is -2.49. The number of aliphatic hydroxyl groups is 1. The molecule has 0 spiro atoms. The molecule has 0 amide bonds. The van der Waals surface area contributed by atoms with Crippen LogP contribution in [-0.2, 0) is 0 Å². The Morgan fingerprint density at radius 3 is 2.38 bits per heavy atom. The van der Waals surface area contributed by atoms with Crippen LogP contribution in [0.3, 0.4) is 0 Å². The fraction of sp³-hybridized carbons (Fsp3) is 0.871. The highest BCUT2D eigenvalue weighted by atomic mass is 16.3. The summed E-state index contributed by atoms with van der Waals surface area (Å²) in [5, 5.41) is 10.9. The number of hydrogen-bond acceptors (Lipinski definition) is 1. The molecule has 182 valence electrons. The minimum absolute atomic E-state index is 0.0757. The SMILES string of the molecule is CC(C)CCC[C@@H](C)[C@H]1CC=C2C3=C(CC[C@@]21C)[C@@]1(C)CC[C@@H](O)C(CC(C)C)C1CC3. The number of allylic oxidation sites excluding steroid dienone is 4. The van der Waals surface area contributed by atoms with E-state index in [0.29, 0.717) is 28.6 Å². The smallest absolute Gasteiger partial charge is 0.0571 e. The average Bonchev–Trinajstić information content (AvgIpc) is 3.07. The van der Waals surface area contributed by atoms with Gasteiger partial charge in [-0.2, -0.15) is 0 Å². The summed E-state index contributed by atoms with van der Waals surface area (Å²) in [6.07, 6.45) is 16.7. The molecule has 7 atom stereocenters. The zero-order chi connectivity index (χ0) is 23.3. The van der Waals surface area contributed by atoms with Crippen molar-refractivity contribution in [1.29, 1.82) is 0 Å². The predicted molar refractivity (Wildman–Crippen MR) is 137 cm³/mol. The van der Waals surface area contributed by atoms with E-state index in [4.69, 9.17) is 0 Å². The second-order valence-electron chi connectivity index (χ2n) is 13.6. The summed E-state index contributed by atoms with van der Waals surface area (Å²) in [5.41, 5.74) is 6.12. The molecule has 0 radical (unpaired) electrons. The van der Waals surface area contributed by atoms with E-state index >= 15 is 0 Å². The Labute approximate surface area is 199 Å². The molecule has 0 aromatic rings. The van der Waals surface area contributed by atoms with Gasteiger partial charge in [0.05, 0.1) is 6.10 Å². The Hall–Kier alpha value is -0.560. The lowest BCUT2D eigenvalue weighted by molar-refractivity contribution is -0.0453. The average molecular weight is 441 g/mol. The van der Waals surface area contributed by atoms with Gasteiger partial charge >= 0.3 is 0 Å².